The van der Waals surface area contributed by atoms with Crippen molar-refractivity contribution in [2.45, 2.75) is 32.7 Å². The zero-order chi connectivity index (χ0) is 12.1. The Morgan fingerprint density at radius 1 is 1.44 bits per heavy atom. The molecule has 1 rings (SSSR count). The first kappa shape index (κ1) is 12.9. The summed E-state index contributed by atoms with van der Waals surface area (Å²) in [4.78, 5) is 0. The number of rotatable bonds is 4. The molecule has 0 amide bonds. The third-order valence-electron chi connectivity index (χ3n) is 2.36. The van der Waals surface area contributed by atoms with Crippen molar-refractivity contribution in [3.8, 4) is 0 Å². The van der Waals surface area contributed by atoms with E-state index in [0.717, 1.165) is 24.0 Å². The van der Waals surface area contributed by atoms with Gasteiger partial charge in [0.2, 0.25) is 0 Å². The van der Waals surface area contributed by atoms with Gasteiger partial charge in [0.15, 0.2) is 0 Å². The summed E-state index contributed by atoms with van der Waals surface area (Å²) in [6.45, 7) is 3.78. The van der Waals surface area contributed by atoms with E-state index in [0.29, 0.717) is 5.69 Å². The molecular formula is C11H16N2O2S. The van der Waals surface area contributed by atoms with Crippen molar-refractivity contribution >= 4 is 16.2 Å². The normalized spacial score (nSPS) is 12.2. The predicted molar refractivity (Wildman–Crippen MR) is 64.2 cm³/mol. The molecule has 5 heteroatoms. The van der Waals surface area contributed by atoms with Crippen molar-refractivity contribution in [3.63, 3.8) is 0 Å². The molecule has 0 aliphatic carbocycles. The van der Waals surface area contributed by atoms with Gasteiger partial charge < -0.3 is 5.73 Å². The summed E-state index contributed by atoms with van der Waals surface area (Å²) in [5.74, 6) is 0. The fourth-order valence-electron chi connectivity index (χ4n) is 1.51. The Bertz CT molecular complexity index is 485. The summed E-state index contributed by atoms with van der Waals surface area (Å²) >= 11 is 0. The molecule has 0 aromatic heterocycles. The molecule has 4 nitrogen and oxygen atoms in total. The second kappa shape index (κ2) is 5.77. The van der Waals surface area contributed by atoms with Crippen LogP contribution in [0.2, 0.25) is 0 Å². The van der Waals surface area contributed by atoms with Gasteiger partial charge in [0.25, 0.3) is 0 Å². The van der Waals surface area contributed by atoms with Gasteiger partial charge in [-0.25, -0.2) is 0 Å². The monoisotopic (exact) mass is 240 g/mol. The van der Waals surface area contributed by atoms with Gasteiger partial charge in [-0.15, -0.1) is 4.36 Å². The number of benzene rings is 1. The maximum Gasteiger partial charge on any atom is 0.316 e. The molecule has 1 atom stereocenters. The van der Waals surface area contributed by atoms with Gasteiger partial charge in [0.1, 0.15) is 0 Å². The molecule has 0 aliphatic rings. The highest BCUT2D eigenvalue weighted by molar-refractivity contribution is 7.61. The highest BCUT2D eigenvalue weighted by Crippen LogP contribution is 2.25. The van der Waals surface area contributed by atoms with Crippen LogP contribution in [-0.2, 0) is 16.9 Å². The van der Waals surface area contributed by atoms with E-state index >= 15 is 0 Å². The van der Waals surface area contributed by atoms with Gasteiger partial charge in [-0.2, -0.15) is 8.42 Å². The minimum atomic E-state index is -2.41. The van der Waals surface area contributed by atoms with Crippen LogP contribution in [0.3, 0.4) is 0 Å². The second-order valence-electron chi connectivity index (χ2n) is 3.91. The lowest BCUT2D eigenvalue weighted by molar-refractivity contribution is 0.622. The molecule has 1 aromatic carbocycles. The van der Waals surface area contributed by atoms with Crippen molar-refractivity contribution in [3.05, 3.63) is 29.3 Å². The molecule has 2 N–H and O–H groups in total. The second-order valence-corrected chi connectivity index (χ2v) is 4.52. The predicted octanol–water partition coefficient (Wildman–Crippen LogP) is 1.97. The maximum atomic E-state index is 10.6. The molecule has 0 radical (unpaired) electrons. The fraction of sp³-hybridized carbons (Fsp3) is 0.455. The Kier molecular flexibility index (Phi) is 4.64. The first-order valence-electron chi connectivity index (χ1n) is 5.16. The van der Waals surface area contributed by atoms with Crippen molar-refractivity contribution in [2.24, 2.45) is 10.1 Å². The molecule has 88 valence electrons. The van der Waals surface area contributed by atoms with Gasteiger partial charge >= 0.3 is 10.5 Å². The largest absolute Gasteiger partial charge is 0.328 e. The standard InChI is InChI=1S/C11H16N2O2S/c1-8-4-3-5-10(7-6-9(2)12)11(8)13-16(14)15/h3-5,9H,6-7,12H2,1-2H3. The van der Waals surface area contributed by atoms with Crippen molar-refractivity contribution in [1.29, 1.82) is 0 Å². The summed E-state index contributed by atoms with van der Waals surface area (Å²) in [5, 5.41) is 0. The van der Waals surface area contributed by atoms with Gasteiger partial charge in [-0.05, 0) is 37.8 Å². The van der Waals surface area contributed by atoms with Crippen LogP contribution in [0.15, 0.2) is 22.6 Å². The average molecular weight is 240 g/mol. The highest BCUT2D eigenvalue weighted by atomic mass is 32.2. The lowest BCUT2D eigenvalue weighted by atomic mass is 10.0. The van der Waals surface area contributed by atoms with Crippen molar-refractivity contribution in [1.82, 2.24) is 0 Å². The Morgan fingerprint density at radius 3 is 2.69 bits per heavy atom. The summed E-state index contributed by atoms with van der Waals surface area (Å²) in [6, 6.07) is 5.74. The Hall–Kier alpha value is -1.20. The fourth-order valence-corrected chi connectivity index (χ4v) is 1.92. The molecule has 16 heavy (non-hydrogen) atoms. The summed E-state index contributed by atoms with van der Waals surface area (Å²) in [7, 11) is -2.41. The van der Waals surface area contributed by atoms with E-state index in [1.165, 1.54) is 0 Å². The van der Waals surface area contributed by atoms with Crippen molar-refractivity contribution < 1.29 is 8.42 Å². The molecule has 1 aromatic rings. The lowest BCUT2D eigenvalue weighted by Crippen LogP contribution is -2.15. The maximum absolute atomic E-state index is 10.6. The molecule has 0 heterocycles. The molecular weight excluding hydrogens is 224 g/mol. The van der Waals surface area contributed by atoms with E-state index in [4.69, 9.17) is 5.73 Å². The Balaban J connectivity index is 3.08. The lowest BCUT2D eigenvalue weighted by Gasteiger charge is -2.08. The molecule has 0 aliphatic heterocycles. The van der Waals surface area contributed by atoms with Crippen LogP contribution in [-0.4, -0.2) is 14.5 Å². The van der Waals surface area contributed by atoms with E-state index in [1.54, 1.807) is 0 Å². The first-order chi connectivity index (χ1) is 7.50. The van der Waals surface area contributed by atoms with E-state index in [9.17, 15) is 8.42 Å². The van der Waals surface area contributed by atoms with E-state index < -0.39 is 10.5 Å². The van der Waals surface area contributed by atoms with Gasteiger partial charge in [-0.3, -0.25) is 0 Å². The van der Waals surface area contributed by atoms with Gasteiger partial charge in [-0.1, -0.05) is 18.2 Å². The molecule has 0 saturated carbocycles. The van der Waals surface area contributed by atoms with Crippen LogP contribution >= 0.6 is 0 Å². The van der Waals surface area contributed by atoms with Crippen LogP contribution in [0.4, 0.5) is 5.69 Å². The quantitative estimate of drug-likeness (QED) is 0.874. The molecule has 0 spiro atoms. The third-order valence-corrected chi connectivity index (χ3v) is 2.69. The SMILES string of the molecule is Cc1cccc(CCC(C)N)c1N=S(=O)=O. The molecule has 0 saturated heterocycles. The van der Waals surface area contributed by atoms with E-state index in [-0.39, 0.29) is 6.04 Å². The zero-order valence-corrected chi connectivity index (χ0v) is 10.3. The van der Waals surface area contributed by atoms with Gasteiger partial charge in [0, 0.05) is 6.04 Å². The number of nitrogens with two attached hydrogens (primary N) is 1. The third kappa shape index (κ3) is 3.75. The minimum Gasteiger partial charge on any atom is -0.328 e. The van der Waals surface area contributed by atoms with Crippen LogP contribution in [0.25, 0.3) is 0 Å². The van der Waals surface area contributed by atoms with Gasteiger partial charge in [0.05, 0.1) is 5.69 Å². The van der Waals surface area contributed by atoms with Crippen molar-refractivity contribution in [2.75, 3.05) is 0 Å². The number of aryl methyl sites for hydroxylation is 2. The van der Waals surface area contributed by atoms with Crippen LogP contribution in [0.5, 0.6) is 0 Å². The topological polar surface area (TPSA) is 72.5 Å². The van der Waals surface area contributed by atoms with Crippen LogP contribution in [0.1, 0.15) is 24.5 Å². The molecule has 0 bridgehead atoms. The first-order valence-corrected chi connectivity index (χ1v) is 6.19. The van der Waals surface area contributed by atoms with Crippen LogP contribution in [0, 0.1) is 6.92 Å². The minimum absolute atomic E-state index is 0.103. The summed E-state index contributed by atoms with van der Waals surface area (Å²) in [6.07, 6.45) is 1.56. The smallest absolute Gasteiger partial charge is 0.316 e. The van der Waals surface area contributed by atoms with Crippen LogP contribution < -0.4 is 5.73 Å². The molecule has 0 fully saturated rings. The molecule has 1 unspecified atom stereocenters. The number of hydrogen-bond donors (Lipinski definition) is 1. The Labute approximate surface area is 97.2 Å². The number of hydrogen-bond acceptors (Lipinski definition) is 4. The van der Waals surface area contributed by atoms with E-state index in [1.807, 2.05) is 32.0 Å². The number of nitrogens with zero attached hydrogens (tertiary/aromatic N) is 1. The Morgan fingerprint density at radius 2 is 2.12 bits per heavy atom. The summed E-state index contributed by atoms with van der Waals surface area (Å²) < 4.78 is 24.9. The highest BCUT2D eigenvalue weighted by Gasteiger charge is 2.06. The zero-order valence-electron chi connectivity index (χ0n) is 9.47. The van der Waals surface area contributed by atoms with E-state index in [2.05, 4.69) is 4.36 Å². The average Bonchev–Trinajstić information content (AvgIpc) is 2.18. The summed E-state index contributed by atoms with van der Waals surface area (Å²) in [5.41, 5.74) is 8.03.